The van der Waals surface area contributed by atoms with Crippen molar-refractivity contribution >= 4 is 40.9 Å². The minimum absolute atomic E-state index is 0.0621. The predicted molar refractivity (Wildman–Crippen MR) is 158 cm³/mol. The number of para-hydroxylation sites is 1. The third kappa shape index (κ3) is 4.79. The highest BCUT2D eigenvalue weighted by atomic mass is 35.5. The Balaban J connectivity index is 1.53. The number of aliphatic hydroxyl groups excluding tert-OH is 1. The lowest BCUT2D eigenvalue weighted by atomic mass is 9.66. The lowest BCUT2D eigenvalue weighted by Crippen LogP contribution is -2.47. The molecular formula is C33H35ClN2O3. The molecule has 1 aliphatic heterocycles. The number of carbonyl (C=O) groups is 2. The van der Waals surface area contributed by atoms with Crippen molar-refractivity contribution in [2.75, 3.05) is 16.4 Å². The third-order valence-electron chi connectivity index (χ3n) is 8.65. The molecule has 1 unspecified atom stereocenters. The van der Waals surface area contributed by atoms with Gasteiger partial charge in [-0.15, -0.1) is 0 Å². The van der Waals surface area contributed by atoms with Crippen molar-refractivity contribution < 1.29 is 14.7 Å². The summed E-state index contributed by atoms with van der Waals surface area (Å²) < 4.78 is 0. The molecule has 1 heterocycles. The molecule has 5 nitrogen and oxygen atoms in total. The maximum Gasteiger partial charge on any atom is 0.258 e. The van der Waals surface area contributed by atoms with Gasteiger partial charge in [-0.05, 0) is 84.8 Å². The van der Waals surface area contributed by atoms with Gasteiger partial charge in [0.05, 0.1) is 6.04 Å². The van der Waals surface area contributed by atoms with Gasteiger partial charge in [0.25, 0.3) is 5.91 Å². The van der Waals surface area contributed by atoms with E-state index in [0.717, 1.165) is 28.1 Å². The SMILES string of the molecule is CC(=O)N(c1ccc(Cl)cc1)[C@@H]1C[C@H](C)N(C(=O)c2ccc3c(c2)C=C[C@@H](C)C3(C)CCO)c2ccccc21. The Morgan fingerprint density at radius 2 is 1.79 bits per heavy atom. The minimum atomic E-state index is -0.217. The largest absolute Gasteiger partial charge is 0.396 e. The Kier molecular flexibility index (Phi) is 7.41. The fourth-order valence-electron chi connectivity index (χ4n) is 6.31. The summed E-state index contributed by atoms with van der Waals surface area (Å²) in [7, 11) is 0. The zero-order valence-electron chi connectivity index (χ0n) is 22.9. The van der Waals surface area contributed by atoms with Crippen molar-refractivity contribution in [1.82, 2.24) is 0 Å². The second-order valence-corrected chi connectivity index (χ2v) is 11.5. The highest BCUT2D eigenvalue weighted by Crippen LogP contribution is 2.45. The van der Waals surface area contributed by atoms with Gasteiger partial charge in [0.2, 0.25) is 5.91 Å². The van der Waals surface area contributed by atoms with Crippen molar-refractivity contribution in [3.63, 3.8) is 0 Å². The fraction of sp³-hybridized carbons (Fsp3) is 0.333. The molecule has 0 bridgehead atoms. The average molecular weight is 543 g/mol. The molecular weight excluding hydrogens is 508 g/mol. The second-order valence-electron chi connectivity index (χ2n) is 11.0. The molecule has 3 aromatic carbocycles. The van der Waals surface area contributed by atoms with E-state index in [1.807, 2.05) is 60.4 Å². The van der Waals surface area contributed by atoms with Crippen LogP contribution in [0.1, 0.15) is 73.6 Å². The highest BCUT2D eigenvalue weighted by molar-refractivity contribution is 6.30. The Hall–Kier alpha value is -3.41. The number of nitrogens with zero attached hydrogens (tertiary/aromatic N) is 2. The zero-order valence-corrected chi connectivity index (χ0v) is 23.7. The molecule has 39 heavy (non-hydrogen) atoms. The van der Waals surface area contributed by atoms with Crippen molar-refractivity contribution in [3.05, 3.63) is 100 Å². The monoisotopic (exact) mass is 542 g/mol. The topological polar surface area (TPSA) is 60.9 Å². The summed E-state index contributed by atoms with van der Waals surface area (Å²) >= 11 is 6.12. The quantitative estimate of drug-likeness (QED) is 0.371. The van der Waals surface area contributed by atoms with Gasteiger partial charge < -0.3 is 14.9 Å². The number of halogens is 1. The number of anilines is 2. The molecule has 0 radical (unpaired) electrons. The smallest absolute Gasteiger partial charge is 0.258 e. The number of aliphatic hydroxyl groups is 1. The number of fused-ring (bicyclic) bond motifs is 2. The van der Waals surface area contributed by atoms with Crippen LogP contribution < -0.4 is 9.80 Å². The van der Waals surface area contributed by atoms with Crippen LogP contribution in [0.3, 0.4) is 0 Å². The minimum Gasteiger partial charge on any atom is -0.396 e. The molecule has 5 rings (SSSR count). The van der Waals surface area contributed by atoms with E-state index < -0.39 is 0 Å². The molecule has 0 saturated carbocycles. The van der Waals surface area contributed by atoms with Gasteiger partial charge in [-0.1, -0.05) is 61.9 Å². The molecule has 3 aromatic rings. The van der Waals surface area contributed by atoms with Crippen LogP contribution in [0.5, 0.6) is 0 Å². The van der Waals surface area contributed by atoms with Crippen molar-refractivity contribution in [1.29, 1.82) is 0 Å². The van der Waals surface area contributed by atoms with Gasteiger partial charge in [-0.3, -0.25) is 9.59 Å². The van der Waals surface area contributed by atoms with E-state index in [0.29, 0.717) is 23.4 Å². The molecule has 6 heteroatoms. The summed E-state index contributed by atoms with van der Waals surface area (Å²) in [6.45, 7) is 8.09. The molecule has 0 aromatic heterocycles. The number of rotatable bonds is 5. The first-order valence-corrected chi connectivity index (χ1v) is 13.9. The van der Waals surface area contributed by atoms with E-state index in [2.05, 4.69) is 32.1 Å². The van der Waals surface area contributed by atoms with Crippen LogP contribution in [-0.4, -0.2) is 29.6 Å². The Morgan fingerprint density at radius 3 is 2.49 bits per heavy atom. The van der Waals surface area contributed by atoms with Crippen molar-refractivity contribution in [3.8, 4) is 0 Å². The maximum absolute atomic E-state index is 14.1. The molecule has 4 atom stereocenters. The zero-order chi connectivity index (χ0) is 27.9. The summed E-state index contributed by atoms with van der Waals surface area (Å²) in [5.41, 5.74) is 5.17. The Morgan fingerprint density at radius 1 is 1.08 bits per heavy atom. The first-order chi connectivity index (χ1) is 18.7. The van der Waals surface area contributed by atoms with Crippen LogP contribution >= 0.6 is 11.6 Å². The van der Waals surface area contributed by atoms with Crippen LogP contribution in [0.25, 0.3) is 6.08 Å². The normalized spacial score (nSPS) is 23.6. The third-order valence-corrected chi connectivity index (χ3v) is 8.90. The van der Waals surface area contributed by atoms with Gasteiger partial charge in [0, 0.05) is 46.9 Å². The van der Waals surface area contributed by atoms with Crippen LogP contribution in [0.4, 0.5) is 11.4 Å². The lowest BCUT2D eigenvalue weighted by Gasteiger charge is -2.43. The number of benzene rings is 3. The Labute approximate surface area is 235 Å². The molecule has 1 N–H and O–H groups in total. The van der Waals surface area contributed by atoms with E-state index in [-0.39, 0.29) is 41.8 Å². The van der Waals surface area contributed by atoms with E-state index >= 15 is 0 Å². The number of hydrogen-bond acceptors (Lipinski definition) is 3. The second kappa shape index (κ2) is 10.6. The lowest BCUT2D eigenvalue weighted by molar-refractivity contribution is -0.117. The number of allylic oxidation sites excluding steroid dienone is 1. The molecule has 0 spiro atoms. The summed E-state index contributed by atoms with van der Waals surface area (Å²) in [6, 6.07) is 20.8. The predicted octanol–water partition coefficient (Wildman–Crippen LogP) is 7.18. The number of hydrogen-bond donors (Lipinski definition) is 1. The molecule has 2 amide bonds. The molecule has 202 valence electrons. The summed E-state index contributed by atoms with van der Waals surface area (Å²) in [5, 5.41) is 10.3. The summed E-state index contributed by atoms with van der Waals surface area (Å²) in [5.74, 6) is 0.160. The summed E-state index contributed by atoms with van der Waals surface area (Å²) in [6.07, 6.45) is 5.53. The standard InChI is InChI=1S/C33H35ClN2O3/c1-21-9-10-24-20-25(11-16-29(24)33(21,4)17-18-37)32(39)35-22(2)19-31(28-7-5-6-8-30(28)35)36(23(3)38)27-14-12-26(34)13-15-27/h5-16,20-22,31,37H,17-19H2,1-4H3/t21-,22+,31-,33?/m1/s1. The average Bonchev–Trinajstić information content (AvgIpc) is 2.92. The highest BCUT2D eigenvalue weighted by Gasteiger charge is 2.39. The van der Waals surface area contributed by atoms with E-state index in [1.165, 1.54) is 0 Å². The van der Waals surface area contributed by atoms with E-state index in [4.69, 9.17) is 11.6 Å². The molecule has 2 aliphatic rings. The van der Waals surface area contributed by atoms with Crippen LogP contribution in [0.15, 0.2) is 72.8 Å². The first kappa shape index (κ1) is 27.2. The van der Waals surface area contributed by atoms with Crippen molar-refractivity contribution in [2.24, 2.45) is 5.92 Å². The van der Waals surface area contributed by atoms with Gasteiger partial charge >= 0.3 is 0 Å². The van der Waals surface area contributed by atoms with Crippen LogP contribution in [0.2, 0.25) is 5.02 Å². The van der Waals surface area contributed by atoms with Crippen LogP contribution in [-0.2, 0) is 10.2 Å². The van der Waals surface area contributed by atoms with E-state index in [1.54, 1.807) is 24.0 Å². The van der Waals surface area contributed by atoms with E-state index in [9.17, 15) is 14.7 Å². The molecule has 0 saturated heterocycles. The molecule has 1 aliphatic carbocycles. The van der Waals surface area contributed by atoms with Crippen molar-refractivity contribution in [2.45, 2.75) is 58.0 Å². The first-order valence-electron chi connectivity index (χ1n) is 13.6. The van der Waals surface area contributed by atoms with Gasteiger partial charge in [-0.25, -0.2) is 0 Å². The summed E-state index contributed by atoms with van der Waals surface area (Å²) in [4.78, 5) is 30.7. The van der Waals surface area contributed by atoms with Gasteiger partial charge in [0.1, 0.15) is 0 Å². The van der Waals surface area contributed by atoms with Crippen LogP contribution in [0, 0.1) is 5.92 Å². The molecule has 0 fully saturated rings. The number of carbonyl (C=O) groups excluding carboxylic acids is 2. The fourth-order valence-corrected chi connectivity index (χ4v) is 6.44. The van der Waals surface area contributed by atoms with Gasteiger partial charge in [-0.2, -0.15) is 0 Å². The number of amides is 2. The Bertz CT molecular complexity index is 1430. The maximum atomic E-state index is 14.1. The van der Waals surface area contributed by atoms with Gasteiger partial charge in [0.15, 0.2) is 0 Å².